The van der Waals surface area contributed by atoms with E-state index in [0.717, 1.165) is 0 Å². The third-order valence-electron chi connectivity index (χ3n) is 6.07. The van der Waals surface area contributed by atoms with Gasteiger partial charge in [0.2, 0.25) is 17.7 Å². The smallest absolute Gasteiger partial charge is 0.308 e. The number of amides is 3. The van der Waals surface area contributed by atoms with Crippen LogP contribution in [-0.2, 0) is 30.3 Å². The molecule has 2 saturated heterocycles. The van der Waals surface area contributed by atoms with Crippen LogP contribution < -0.4 is 15.4 Å². The van der Waals surface area contributed by atoms with Crippen molar-refractivity contribution >= 4 is 23.7 Å². The summed E-state index contributed by atoms with van der Waals surface area (Å²) in [6.45, 7) is 0.565. The standard InChI is InChI=1S/C22H28FN3O6/c1-31-15-3-4-16(23)14(11-15)13-22(7-5-18(27)25-22)8-6-19(28)26-10-9-24-21(30)17(26)12-20(29)32-2/h3-4,11,17H,5-10,12-13H2,1-2H3,(H,24,30)(H,25,27). The molecule has 32 heavy (non-hydrogen) atoms. The number of piperazine rings is 1. The highest BCUT2D eigenvalue weighted by molar-refractivity contribution is 5.92. The van der Waals surface area contributed by atoms with Gasteiger partial charge in [0.05, 0.1) is 20.6 Å². The van der Waals surface area contributed by atoms with E-state index in [0.29, 0.717) is 24.3 Å². The second-order valence-electron chi connectivity index (χ2n) is 8.14. The van der Waals surface area contributed by atoms with Gasteiger partial charge in [0.25, 0.3) is 0 Å². The molecule has 9 nitrogen and oxygen atoms in total. The molecule has 2 aliphatic rings. The maximum atomic E-state index is 14.4. The SMILES string of the molecule is COC(=O)CC1C(=O)NCCN1C(=O)CCC1(Cc2cc(OC)ccc2F)CCC(=O)N1. The number of benzene rings is 1. The van der Waals surface area contributed by atoms with Gasteiger partial charge < -0.3 is 25.0 Å². The van der Waals surface area contributed by atoms with E-state index in [1.54, 1.807) is 6.07 Å². The van der Waals surface area contributed by atoms with Crippen LogP contribution >= 0.6 is 0 Å². The minimum atomic E-state index is -0.936. The Morgan fingerprint density at radius 2 is 2.06 bits per heavy atom. The van der Waals surface area contributed by atoms with E-state index >= 15 is 0 Å². The first-order valence-electron chi connectivity index (χ1n) is 10.5. The maximum Gasteiger partial charge on any atom is 0.308 e. The summed E-state index contributed by atoms with van der Waals surface area (Å²) in [6, 6.07) is 3.48. The molecule has 1 aromatic rings. The summed E-state index contributed by atoms with van der Waals surface area (Å²) >= 11 is 0. The van der Waals surface area contributed by atoms with Crippen molar-refractivity contribution in [2.24, 2.45) is 0 Å². The van der Waals surface area contributed by atoms with Crippen LogP contribution in [0.3, 0.4) is 0 Å². The number of carbonyl (C=O) groups excluding carboxylic acids is 4. The predicted octanol–water partition coefficient (Wildman–Crippen LogP) is 0.696. The first kappa shape index (κ1) is 23.5. The third kappa shape index (κ3) is 5.35. The number of ether oxygens (including phenoxy) is 2. The van der Waals surface area contributed by atoms with Crippen LogP contribution in [0.1, 0.15) is 37.7 Å². The second-order valence-corrected chi connectivity index (χ2v) is 8.14. The fourth-order valence-electron chi connectivity index (χ4n) is 4.31. The van der Waals surface area contributed by atoms with Gasteiger partial charge in [-0.15, -0.1) is 0 Å². The van der Waals surface area contributed by atoms with Crippen LogP contribution in [-0.4, -0.2) is 67.5 Å². The van der Waals surface area contributed by atoms with Crippen molar-refractivity contribution in [2.75, 3.05) is 27.3 Å². The molecule has 0 spiro atoms. The zero-order chi connectivity index (χ0) is 23.3. The molecule has 2 unspecified atom stereocenters. The lowest BCUT2D eigenvalue weighted by atomic mass is 9.84. The molecule has 2 N–H and O–H groups in total. The van der Waals surface area contributed by atoms with Gasteiger partial charge in [-0.1, -0.05) is 0 Å². The Balaban J connectivity index is 1.73. The van der Waals surface area contributed by atoms with Crippen LogP contribution in [0.25, 0.3) is 0 Å². The highest BCUT2D eigenvalue weighted by Gasteiger charge is 2.40. The predicted molar refractivity (Wildman–Crippen MR) is 111 cm³/mol. The van der Waals surface area contributed by atoms with Crippen molar-refractivity contribution < 1.29 is 33.0 Å². The number of halogens is 1. The van der Waals surface area contributed by atoms with Crippen molar-refractivity contribution in [3.63, 3.8) is 0 Å². The number of esters is 1. The van der Waals surface area contributed by atoms with E-state index < -0.39 is 29.3 Å². The summed E-state index contributed by atoms with van der Waals surface area (Å²) in [4.78, 5) is 50.4. The molecule has 0 bridgehead atoms. The molecule has 3 amide bonds. The molecule has 2 heterocycles. The van der Waals surface area contributed by atoms with Gasteiger partial charge in [0.1, 0.15) is 17.6 Å². The fourth-order valence-corrected chi connectivity index (χ4v) is 4.31. The Labute approximate surface area is 185 Å². The molecule has 2 aliphatic heterocycles. The van der Waals surface area contributed by atoms with Crippen molar-refractivity contribution in [3.8, 4) is 5.75 Å². The molecule has 3 rings (SSSR count). The van der Waals surface area contributed by atoms with E-state index in [9.17, 15) is 23.6 Å². The van der Waals surface area contributed by atoms with Gasteiger partial charge >= 0.3 is 5.97 Å². The molecule has 174 valence electrons. The summed E-state index contributed by atoms with van der Waals surface area (Å²) in [5.41, 5.74) is -0.393. The second kappa shape index (κ2) is 9.97. The first-order chi connectivity index (χ1) is 15.3. The minimum absolute atomic E-state index is 0.0385. The number of carbonyl (C=O) groups is 4. The zero-order valence-electron chi connectivity index (χ0n) is 18.2. The molecular weight excluding hydrogens is 421 g/mol. The molecule has 0 radical (unpaired) electrons. The summed E-state index contributed by atoms with van der Waals surface area (Å²) in [5, 5.41) is 5.59. The average molecular weight is 449 g/mol. The topological polar surface area (TPSA) is 114 Å². The number of nitrogens with zero attached hydrogens (tertiary/aromatic N) is 1. The van der Waals surface area contributed by atoms with E-state index in [4.69, 9.17) is 4.74 Å². The highest BCUT2D eigenvalue weighted by Crippen LogP contribution is 2.32. The lowest BCUT2D eigenvalue weighted by Gasteiger charge is -2.36. The quantitative estimate of drug-likeness (QED) is 0.565. The Morgan fingerprint density at radius 3 is 2.72 bits per heavy atom. The Kier molecular flexibility index (Phi) is 7.32. The zero-order valence-corrected chi connectivity index (χ0v) is 18.2. The Morgan fingerprint density at radius 1 is 1.28 bits per heavy atom. The van der Waals surface area contributed by atoms with Crippen molar-refractivity contribution in [3.05, 3.63) is 29.6 Å². The molecule has 0 aliphatic carbocycles. The Bertz CT molecular complexity index is 908. The van der Waals surface area contributed by atoms with E-state index in [2.05, 4.69) is 15.4 Å². The molecule has 10 heteroatoms. The third-order valence-corrected chi connectivity index (χ3v) is 6.07. The van der Waals surface area contributed by atoms with Crippen LogP contribution in [0.4, 0.5) is 4.39 Å². The summed E-state index contributed by atoms with van der Waals surface area (Å²) in [7, 11) is 2.71. The van der Waals surface area contributed by atoms with Gasteiger partial charge in [0, 0.05) is 31.5 Å². The molecular formula is C22H28FN3O6. The normalized spacial score (nSPS) is 22.8. The van der Waals surface area contributed by atoms with Crippen molar-refractivity contribution in [1.29, 1.82) is 0 Å². The van der Waals surface area contributed by atoms with Crippen molar-refractivity contribution in [1.82, 2.24) is 15.5 Å². The van der Waals surface area contributed by atoms with E-state index in [1.165, 1.54) is 31.3 Å². The number of rotatable bonds is 8. The van der Waals surface area contributed by atoms with Gasteiger partial charge in [-0.25, -0.2) is 4.39 Å². The van der Waals surface area contributed by atoms with Gasteiger partial charge in [-0.2, -0.15) is 0 Å². The number of nitrogens with one attached hydrogen (secondary N) is 2. The monoisotopic (exact) mass is 449 g/mol. The Hall–Kier alpha value is -3.17. The number of hydrogen-bond donors (Lipinski definition) is 2. The van der Waals surface area contributed by atoms with Crippen LogP contribution in [0.5, 0.6) is 5.75 Å². The van der Waals surface area contributed by atoms with Crippen LogP contribution in [0.2, 0.25) is 0 Å². The molecule has 0 saturated carbocycles. The van der Waals surface area contributed by atoms with E-state index in [-0.39, 0.29) is 50.5 Å². The number of methoxy groups -OCH3 is 2. The minimum Gasteiger partial charge on any atom is -0.497 e. The lowest BCUT2D eigenvalue weighted by molar-refractivity contribution is -0.150. The van der Waals surface area contributed by atoms with Gasteiger partial charge in [0.15, 0.2) is 0 Å². The molecule has 2 atom stereocenters. The molecule has 0 aromatic heterocycles. The molecule has 2 fully saturated rings. The van der Waals surface area contributed by atoms with Crippen molar-refractivity contribution in [2.45, 2.75) is 50.1 Å². The molecule has 1 aromatic carbocycles. The van der Waals surface area contributed by atoms with E-state index in [1.807, 2.05) is 0 Å². The van der Waals surface area contributed by atoms with Gasteiger partial charge in [-0.05, 0) is 43.0 Å². The first-order valence-corrected chi connectivity index (χ1v) is 10.5. The summed E-state index contributed by atoms with van der Waals surface area (Å²) in [5.74, 6) is -1.36. The fraction of sp³-hybridized carbons (Fsp3) is 0.545. The lowest BCUT2D eigenvalue weighted by Crippen LogP contribution is -2.58. The largest absolute Gasteiger partial charge is 0.497 e. The summed E-state index contributed by atoms with van der Waals surface area (Å²) < 4.78 is 24.3. The number of hydrogen-bond acceptors (Lipinski definition) is 6. The van der Waals surface area contributed by atoms with Gasteiger partial charge in [-0.3, -0.25) is 19.2 Å². The van der Waals surface area contributed by atoms with Crippen LogP contribution in [0.15, 0.2) is 18.2 Å². The van der Waals surface area contributed by atoms with Crippen LogP contribution in [0, 0.1) is 5.82 Å². The highest BCUT2D eigenvalue weighted by atomic mass is 19.1. The average Bonchev–Trinajstić information content (AvgIpc) is 3.15. The summed E-state index contributed by atoms with van der Waals surface area (Å²) in [6.07, 6.45) is 1.04. The maximum absolute atomic E-state index is 14.4.